The van der Waals surface area contributed by atoms with Crippen LogP contribution in [0.5, 0.6) is 5.75 Å². The van der Waals surface area contributed by atoms with E-state index in [2.05, 4.69) is 10.3 Å². The van der Waals surface area contributed by atoms with Crippen molar-refractivity contribution in [3.8, 4) is 5.75 Å². The van der Waals surface area contributed by atoms with E-state index in [4.69, 9.17) is 9.47 Å². The summed E-state index contributed by atoms with van der Waals surface area (Å²) in [6.45, 7) is 0.842. The summed E-state index contributed by atoms with van der Waals surface area (Å²) >= 11 is 0. The van der Waals surface area contributed by atoms with E-state index in [-0.39, 0.29) is 18.5 Å². The average Bonchev–Trinajstić information content (AvgIpc) is 2.61. The number of nitrogens with zero attached hydrogens (tertiary/aromatic N) is 2. The van der Waals surface area contributed by atoms with Crippen LogP contribution in [0, 0.1) is 5.82 Å². The summed E-state index contributed by atoms with van der Waals surface area (Å²) in [6.07, 6.45) is 2.11. The van der Waals surface area contributed by atoms with Crippen LogP contribution in [-0.4, -0.2) is 38.3 Å². The molecule has 3 rings (SSSR count). The van der Waals surface area contributed by atoms with Gasteiger partial charge in [0, 0.05) is 32.4 Å². The minimum Gasteiger partial charge on any atom is -0.467 e. The quantitative estimate of drug-likeness (QED) is 0.899. The number of fused-ring (bicyclic) bond motifs is 1. The number of nitrogens with one attached hydrogen (secondary N) is 1. The third-order valence-corrected chi connectivity index (χ3v) is 3.89. The summed E-state index contributed by atoms with van der Waals surface area (Å²) in [4.78, 5) is 18.4. The molecule has 0 atom stereocenters. The van der Waals surface area contributed by atoms with Crippen LogP contribution in [0.25, 0.3) is 0 Å². The molecule has 132 valence electrons. The second-order valence-corrected chi connectivity index (χ2v) is 5.94. The number of amides is 1. The Morgan fingerprint density at radius 1 is 1.40 bits per heavy atom. The summed E-state index contributed by atoms with van der Waals surface area (Å²) in [5, 5.41) is 2.85. The fourth-order valence-corrected chi connectivity index (χ4v) is 2.78. The summed E-state index contributed by atoms with van der Waals surface area (Å²) in [5.74, 6) is 0.698. The lowest BCUT2D eigenvalue weighted by Gasteiger charge is -2.21. The third-order valence-electron chi connectivity index (χ3n) is 3.89. The van der Waals surface area contributed by atoms with E-state index < -0.39 is 0 Å². The van der Waals surface area contributed by atoms with Crippen LogP contribution in [0.1, 0.15) is 21.5 Å². The number of hydrogen-bond donors (Lipinski definition) is 1. The van der Waals surface area contributed by atoms with Crippen LogP contribution < -0.4 is 15.0 Å². The largest absolute Gasteiger partial charge is 0.467 e. The number of pyridine rings is 1. The van der Waals surface area contributed by atoms with E-state index in [1.54, 1.807) is 23.2 Å². The summed E-state index contributed by atoms with van der Waals surface area (Å²) in [5.41, 5.74) is 1.91. The Kier molecular flexibility index (Phi) is 5.14. The van der Waals surface area contributed by atoms with Crippen molar-refractivity contribution in [1.29, 1.82) is 0 Å². The van der Waals surface area contributed by atoms with Gasteiger partial charge in [-0.05, 0) is 36.2 Å². The molecule has 6 nitrogen and oxygen atoms in total. The molecule has 1 aromatic heterocycles. The number of hydrogen-bond acceptors (Lipinski definition) is 5. The molecular weight excluding hydrogens is 325 g/mol. The molecule has 0 aliphatic carbocycles. The summed E-state index contributed by atoms with van der Waals surface area (Å²) < 4.78 is 24.4. The van der Waals surface area contributed by atoms with Gasteiger partial charge in [0.15, 0.2) is 6.79 Å². The second-order valence-electron chi connectivity index (χ2n) is 5.94. The first-order valence-corrected chi connectivity index (χ1v) is 7.98. The van der Waals surface area contributed by atoms with Gasteiger partial charge in [-0.2, -0.15) is 0 Å². The predicted molar refractivity (Wildman–Crippen MR) is 91.3 cm³/mol. The van der Waals surface area contributed by atoms with Gasteiger partial charge in [0.2, 0.25) is 0 Å². The Bertz CT molecular complexity index is 780. The number of carbonyl (C=O) groups excluding carboxylic acids is 1. The molecule has 0 radical (unpaired) electrons. The molecule has 0 fully saturated rings. The van der Waals surface area contributed by atoms with Gasteiger partial charge in [-0.3, -0.25) is 4.79 Å². The average molecular weight is 345 g/mol. The number of benzene rings is 1. The van der Waals surface area contributed by atoms with Gasteiger partial charge < -0.3 is 19.7 Å². The summed E-state index contributed by atoms with van der Waals surface area (Å²) in [7, 11) is 3.66. The Hall–Kier alpha value is -2.67. The van der Waals surface area contributed by atoms with E-state index in [1.165, 1.54) is 12.1 Å². The minimum absolute atomic E-state index is 0.153. The molecular formula is C18H20FN3O3. The standard InChI is InChI=1S/C18H20FN3O3/c1-22(2)17-15(4-3-6-20-17)18(23)21-7-5-12-8-14(19)9-13-10-24-11-25-16(12)13/h3-4,6,8-9H,5,7,10-11H2,1-2H3,(H,21,23). The predicted octanol–water partition coefficient (Wildman–Crippen LogP) is 2.13. The first-order chi connectivity index (χ1) is 12.1. The number of halogens is 1. The SMILES string of the molecule is CN(C)c1ncccc1C(=O)NCCc1cc(F)cc2c1OCOC2. The molecule has 0 spiro atoms. The Balaban J connectivity index is 1.68. The number of ether oxygens (including phenoxy) is 2. The molecule has 0 saturated heterocycles. The smallest absolute Gasteiger partial charge is 0.255 e. The molecule has 1 N–H and O–H groups in total. The lowest BCUT2D eigenvalue weighted by Crippen LogP contribution is -2.28. The maximum atomic E-state index is 13.7. The van der Waals surface area contributed by atoms with Crippen molar-refractivity contribution in [2.75, 3.05) is 32.3 Å². The Morgan fingerprint density at radius 3 is 3.04 bits per heavy atom. The lowest BCUT2D eigenvalue weighted by molar-refractivity contribution is -0.0172. The molecule has 1 aliphatic heterocycles. The van der Waals surface area contributed by atoms with Crippen molar-refractivity contribution in [1.82, 2.24) is 10.3 Å². The van der Waals surface area contributed by atoms with Gasteiger partial charge in [-0.25, -0.2) is 9.37 Å². The van der Waals surface area contributed by atoms with Crippen molar-refractivity contribution < 1.29 is 18.7 Å². The third kappa shape index (κ3) is 3.88. The van der Waals surface area contributed by atoms with E-state index in [1.807, 2.05) is 14.1 Å². The van der Waals surface area contributed by atoms with Gasteiger partial charge in [-0.1, -0.05) is 0 Å². The van der Waals surface area contributed by atoms with Crippen LogP contribution in [0.2, 0.25) is 0 Å². The van der Waals surface area contributed by atoms with Crippen molar-refractivity contribution in [3.63, 3.8) is 0 Å². The fraction of sp³-hybridized carbons (Fsp3) is 0.333. The van der Waals surface area contributed by atoms with E-state index in [9.17, 15) is 9.18 Å². The monoisotopic (exact) mass is 345 g/mol. The molecule has 0 unspecified atom stereocenters. The maximum Gasteiger partial charge on any atom is 0.255 e. The van der Waals surface area contributed by atoms with Crippen molar-refractivity contribution >= 4 is 11.7 Å². The number of aromatic nitrogens is 1. The molecule has 1 aliphatic rings. The Labute approximate surface area is 145 Å². The first kappa shape index (κ1) is 17.2. The molecule has 1 amide bonds. The number of anilines is 1. The number of rotatable bonds is 5. The molecule has 25 heavy (non-hydrogen) atoms. The highest BCUT2D eigenvalue weighted by Crippen LogP contribution is 2.29. The zero-order valence-electron chi connectivity index (χ0n) is 14.2. The van der Waals surface area contributed by atoms with Gasteiger partial charge in [0.1, 0.15) is 17.4 Å². The van der Waals surface area contributed by atoms with Gasteiger partial charge in [0.05, 0.1) is 12.2 Å². The molecule has 0 bridgehead atoms. The zero-order valence-corrected chi connectivity index (χ0v) is 14.2. The molecule has 2 aromatic rings. The Morgan fingerprint density at radius 2 is 2.24 bits per heavy atom. The lowest BCUT2D eigenvalue weighted by atomic mass is 10.1. The second kappa shape index (κ2) is 7.48. The van der Waals surface area contributed by atoms with Crippen LogP contribution in [0.4, 0.5) is 10.2 Å². The van der Waals surface area contributed by atoms with Crippen LogP contribution >= 0.6 is 0 Å². The van der Waals surface area contributed by atoms with Crippen molar-refractivity contribution in [2.45, 2.75) is 13.0 Å². The molecule has 2 heterocycles. The van der Waals surface area contributed by atoms with Crippen LogP contribution in [-0.2, 0) is 17.8 Å². The molecule has 7 heteroatoms. The van der Waals surface area contributed by atoms with Gasteiger partial charge in [-0.15, -0.1) is 0 Å². The maximum absolute atomic E-state index is 13.7. The van der Waals surface area contributed by atoms with E-state index >= 15 is 0 Å². The highest BCUT2D eigenvalue weighted by atomic mass is 19.1. The zero-order chi connectivity index (χ0) is 17.8. The highest BCUT2D eigenvalue weighted by molar-refractivity contribution is 5.98. The van der Waals surface area contributed by atoms with Crippen LogP contribution in [0.15, 0.2) is 30.5 Å². The first-order valence-electron chi connectivity index (χ1n) is 7.98. The minimum atomic E-state index is -0.337. The van der Waals surface area contributed by atoms with Gasteiger partial charge in [0.25, 0.3) is 5.91 Å². The normalized spacial score (nSPS) is 12.9. The highest BCUT2D eigenvalue weighted by Gasteiger charge is 2.18. The fourth-order valence-electron chi connectivity index (χ4n) is 2.78. The van der Waals surface area contributed by atoms with Crippen molar-refractivity contribution in [3.05, 3.63) is 53.0 Å². The van der Waals surface area contributed by atoms with Crippen LogP contribution in [0.3, 0.4) is 0 Å². The van der Waals surface area contributed by atoms with E-state index in [0.29, 0.717) is 42.3 Å². The van der Waals surface area contributed by atoms with Crippen molar-refractivity contribution in [2.24, 2.45) is 0 Å². The summed E-state index contributed by atoms with van der Waals surface area (Å²) in [6, 6.07) is 6.29. The van der Waals surface area contributed by atoms with E-state index in [0.717, 1.165) is 5.56 Å². The number of carbonyl (C=O) groups is 1. The molecule has 1 aromatic carbocycles. The topological polar surface area (TPSA) is 63.7 Å². The molecule has 0 saturated carbocycles. The van der Waals surface area contributed by atoms with Gasteiger partial charge >= 0.3 is 0 Å².